The molecule has 1 N–H and O–H groups in total. The highest BCUT2D eigenvalue weighted by atomic mass is 16.5. The molecule has 0 radical (unpaired) electrons. The summed E-state index contributed by atoms with van der Waals surface area (Å²) in [5.74, 6) is -0.317. The minimum atomic E-state index is -0.293. The van der Waals surface area contributed by atoms with Crippen LogP contribution in [0.2, 0.25) is 0 Å². The Labute approximate surface area is 124 Å². The second-order valence-corrected chi connectivity index (χ2v) is 5.02. The Hall–Kier alpha value is -2.14. The number of carbonyl (C=O) groups excluding carboxylic acids is 2. The highest BCUT2D eigenvalue weighted by Crippen LogP contribution is 2.21. The van der Waals surface area contributed by atoms with Crippen LogP contribution in [-0.4, -0.2) is 43.0 Å². The van der Waals surface area contributed by atoms with E-state index in [0.29, 0.717) is 17.9 Å². The smallest absolute Gasteiger partial charge is 0.254 e. The maximum atomic E-state index is 12.6. The molecular formula is C16H20N2O3. The Kier molecular flexibility index (Phi) is 5.11. The van der Waals surface area contributed by atoms with Crippen LogP contribution in [-0.2, 0) is 9.53 Å². The lowest BCUT2D eigenvalue weighted by atomic mass is 10.1. The Bertz CT molecular complexity index is 542. The molecule has 1 aromatic rings. The first-order chi connectivity index (χ1) is 10.2. The van der Waals surface area contributed by atoms with Gasteiger partial charge in [0.2, 0.25) is 5.91 Å². The van der Waals surface area contributed by atoms with Crippen LogP contribution in [0.3, 0.4) is 0 Å². The Balaban J connectivity index is 2.13. The summed E-state index contributed by atoms with van der Waals surface area (Å²) >= 11 is 0. The average Bonchev–Trinajstić information content (AvgIpc) is 2.95. The second-order valence-electron chi connectivity index (χ2n) is 5.02. The molecule has 2 amide bonds. The molecule has 0 unspecified atom stereocenters. The van der Waals surface area contributed by atoms with Gasteiger partial charge in [0.25, 0.3) is 5.91 Å². The molecule has 1 fully saturated rings. The molecule has 5 heteroatoms. The van der Waals surface area contributed by atoms with Crippen molar-refractivity contribution in [3.63, 3.8) is 0 Å². The maximum absolute atomic E-state index is 12.6. The standard InChI is InChI=1S/C16H20N2O3/c1-3-15(19)17-13-7-4-6-12(10-13)16(20)18-9-5-8-14(18)11-21-2/h3-4,6-7,10,14H,1,5,8-9,11H2,2H3,(H,17,19)/t14-/m0/s1. The van der Waals surface area contributed by atoms with E-state index in [0.717, 1.165) is 19.4 Å². The van der Waals surface area contributed by atoms with Gasteiger partial charge >= 0.3 is 0 Å². The minimum Gasteiger partial charge on any atom is -0.383 e. The van der Waals surface area contributed by atoms with Gasteiger partial charge in [-0.2, -0.15) is 0 Å². The van der Waals surface area contributed by atoms with Gasteiger partial charge in [0, 0.05) is 24.9 Å². The fourth-order valence-corrected chi connectivity index (χ4v) is 2.56. The van der Waals surface area contributed by atoms with Gasteiger partial charge in [-0.05, 0) is 37.1 Å². The molecule has 0 spiro atoms. The summed E-state index contributed by atoms with van der Waals surface area (Å²) in [6, 6.07) is 7.08. The number of nitrogens with zero attached hydrogens (tertiary/aromatic N) is 1. The second kappa shape index (κ2) is 7.04. The SMILES string of the molecule is C=CC(=O)Nc1cccc(C(=O)N2CCC[C@H]2COC)c1. The fourth-order valence-electron chi connectivity index (χ4n) is 2.56. The molecule has 1 heterocycles. The Morgan fingerprint density at radius 3 is 3.05 bits per heavy atom. The number of benzene rings is 1. The number of ether oxygens (including phenoxy) is 1. The molecule has 112 valence electrons. The Morgan fingerprint density at radius 2 is 2.33 bits per heavy atom. The third kappa shape index (κ3) is 3.70. The van der Waals surface area contributed by atoms with Gasteiger partial charge in [0.05, 0.1) is 12.6 Å². The third-order valence-electron chi connectivity index (χ3n) is 3.56. The van der Waals surface area contributed by atoms with Crippen molar-refractivity contribution in [3.05, 3.63) is 42.5 Å². The number of amides is 2. The first-order valence-corrected chi connectivity index (χ1v) is 6.99. The summed E-state index contributed by atoms with van der Waals surface area (Å²) in [7, 11) is 1.65. The minimum absolute atomic E-state index is 0.0238. The summed E-state index contributed by atoms with van der Waals surface area (Å²) in [6.45, 7) is 4.71. The number of hydrogen-bond acceptors (Lipinski definition) is 3. The lowest BCUT2D eigenvalue weighted by Gasteiger charge is -2.24. The number of carbonyl (C=O) groups is 2. The van der Waals surface area contributed by atoms with Crippen LogP contribution in [0.4, 0.5) is 5.69 Å². The highest BCUT2D eigenvalue weighted by molar-refractivity contribution is 6.00. The Morgan fingerprint density at radius 1 is 1.52 bits per heavy atom. The fraction of sp³-hybridized carbons (Fsp3) is 0.375. The van der Waals surface area contributed by atoms with Gasteiger partial charge in [-0.3, -0.25) is 9.59 Å². The monoisotopic (exact) mass is 288 g/mol. The van der Waals surface area contributed by atoms with Crippen molar-refractivity contribution in [3.8, 4) is 0 Å². The molecule has 21 heavy (non-hydrogen) atoms. The molecular weight excluding hydrogens is 268 g/mol. The van der Waals surface area contributed by atoms with E-state index in [4.69, 9.17) is 4.74 Å². The first kappa shape index (κ1) is 15.3. The zero-order valence-corrected chi connectivity index (χ0v) is 12.2. The summed E-state index contributed by atoms with van der Waals surface area (Å²) in [5, 5.41) is 2.66. The number of methoxy groups -OCH3 is 1. The molecule has 1 aliphatic rings. The quantitative estimate of drug-likeness (QED) is 0.844. The molecule has 1 aromatic carbocycles. The van der Waals surface area contributed by atoms with Crippen molar-refractivity contribution < 1.29 is 14.3 Å². The maximum Gasteiger partial charge on any atom is 0.254 e. The third-order valence-corrected chi connectivity index (χ3v) is 3.56. The van der Waals surface area contributed by atoms with E-state index in [2.05, 4.69) is 11.9 Å². The van der Waals surface area contributed by atoms with Crippen molar-refractivity contribution in [1.29, 1.82) is 0 Å². The number of nitrogens with one attached hydrogen (secondary N) is 1. The van der Waals surface area contributed by atoms with Crippen LogP contribution < -0.4 is 5.32 Å². The van der Waals surface area contributed by atoms with Crippen molar-refractivity contribution in [2.24, 2.45) is 0 Å². The van der Waals surface area contributed by atoms with Crippen molar-refractivity contribution in [2.45, 2.75) is 18.9 Å². The van der Waals surface area contributed by atoms with Crippen LogP contribution in [0.25, 0.3) is 0 Å². The molecule has 0 bridgehead atoms. The van der Waals surface area contributed by atoms with Gasteiger partial charge in [0.1, 0.15) is 0 Å². The zero-order valence-electron chi connectivity index (χ0n) is 12.2. The topological polar surface area (TPSA) is 58.6 Å². The van der Waals surface area contributed by atoms with Crippen LogP contribution in [0, 0.1) is 0 Å². The molecule has 1 saturated heterocycles. The van der Waals surface area contributed by atoms with Crippen LogP contribution in [0.5, 0.6) is 0 Å². The molecule has 2 rings (SSSR count). The summed E-state index contributed by atoms with van der Waals surface area (Å²) in [6.07, 6.45) is 3.16. The van der Waals surface area contributed by atoms with E-state index >= 15 is 0 Å². The van der Waals surface area contributed by atoms with Crippen LogP contribution in [0.15, 0.2) is 36.9 Å². The van der Waals surface area contributed by atoms with Gasteiger partial charge in [-0.15, -0.1) is 0 Å². The van der Waals surface area contributed by atoms with Crippen LogP contribution >= 0.6 is 0 Å². The predicted octanol–water partition coefficient (Wildman–Crippen LogP) is 2.06. The first-order valence-electron chi connectivity index (χ1n) is 6.99. The van der Waals surface area contributed by atoms with Crippen molar-refractivity contribution in [1.82, 2.24) is 4.90 Å². The number of hydrogen-bond donors (Lipinski definition) is 1. The van der Waals surface area contributed by atoms with E-state index in [9.17, 15) is 9.59 Å². The zero-order chi connectivity index (χ0) is 15.2. The molecule has 0 aromatic heterocycles. The van der Waals surface area contributed by atoms with Crippen molar-refractivity contribution in [2.75, 3.05) is 25.6 Å². The lowest BCUT2D eigenvalue weighted by molar-refractivity contribution is -0.111. The lowest BCUT2D eigenvalue weighted by Crippen LogP contribution is -2.38. The number of anilines is 1. The van der Waals surface area contributed by atoms with E-state index in [-0.39, 0.29) is 17.9 Å². The molecule has 0 aliphatic carbocycles. The summed E-state index contributed by atoms with van der Waals surface area (Å²) < 4.78 is 5.17. The van der Waals surface area contributed by atoms with E-state index in [1.54, 1.807) is 31.4 Å². The normalized spacial score (nSPS) is 17.6. The predicted molar refractivity (Wildman–Crippen MR) is 81.2 cm³/mol. The number of likely N-dealkylation sites (tertiary alicyclic amines) is 1. The van der Waals surface area contributed by atoms with E-state index in [1.165, 1.54) is 6.08 Å². The molecule has 1 aliphatic heterocycles. The van der Waals surface area contributed by atoms with Gasteiger partial charge in [0.15, 0.2) is 0 Å². The molecule has 5 nitrogen and oxygen atoms in total. The van der Waals surface area contributed by atoms with Crippen LogP contribution in [0.1, 0.15) is 23.2 Å². The largest absolute Gasteiger partial charge is 0.383 e. The number of rotatable bonds is 5. The average molecular weight is 288 g/mol. The van der Waals surface area contributed by atoms with E-state index in [1.807, 2.05) is 4.90 Å². The van der Waals surface area contributed by atoms with Crippen molar-refractivity contribution >= 4 is 17.5 Å². The summed E-state index contributed by atoms with van der Waals surface area (Å²) in [4.78, 5) is 25.7. The van der Waals surface area contributed by atoms with Gasteiger partial charge in [-0.25, -0.2) is 0 Å². The highest BCUT2D eigenvalue weighted by Gasteiger charge is 2.29. The van der Waals surface area contributed by atoms with E-state index < -0.39 is 0 Å². The van der Waals surface area contributed by atoms with Gasteiger partial charge < -0.3 is 15.0 Å². The molecule has 0 saturated carbocycles. The summed E-state index contributed by atoms with van der Waals surface area (Å²) in [5.41, 5.74) is 1.16. The van der Waals surface area contributed by atoms with Gasteiger partial charge in [-0.1, -0.05) is 12.6 Å². The molecule has 1 atom stereocenters.